The summed E-state index contributed by atoms with van der Waals surface area (Å²) in [5, 5.41) is 0. The van der Waals surface area contributed by atoms with E-state index in [2.05, 4.69) is 11.5 Å². The summed E-state index contributed by atoms with van der Waals surface area (Å²) >= 11 is 0. The summed E-state index contributed by atoms with van der Waals surface area (Å²) in [5.41, 5.74) is 9.53. The number of allylic oxidation sites excluding steroid dienone is 3. The minimum atomic E-state index is -4.56. The Labute approximate surface area is 264 Å². The molecule has 0 bridgehead atoms. The molecule has 10 heteroatoms. The lowest BCUT2D eigenvalue weighted by Gasteiger charge is -2.26. The molecule has 0 amide bonds. The number of Topliss-reactive ketones (excluding diaryl/α,β-unsaturated/α-hetero) is 1. The molecular weight excluding hydrogens is 618 g/mol. The third-order valence-corrected chi connectivity index (χ3v) is 8.58. The first-order valence-corrected chi connectivity index (χ1v) is 14.4. The lowest BCUT2D eigenvalue weighted by molar-refractivity contribution is -0.138. The number of benzene rings is 3. The van der Waals surface area contributed by atoms with Crippen LogP contribution in [0.5, 0.6) is 0 Å². The van der Waals surface area contributed by atoms with E-state index in [0.29, 0.717) is 45.1 Å². The van der Waals surface area contributed by atoms with Crippen molar-refractivity contribution in [3.8, 4) is 5.69 Å². The van der Waals surface area contributed by atoms with Gasteiger partial charge in [-0.05, 0) is 43.3 Å². The predicted molar refractivity (Wildman–Crippen MR) is 167 cm³/mol. The maximum Gasteiger partial charge on any atom is 0.416 e. The first-order valence-electron chi connectivity index (χ1n) is 14.4. The van der Waals surface area contributed by atoms with E-state index in [0.717, 1.165) is 24.3 Å². The van der Waals surface area contributed by atoms with Crippen molar-refractivity contribution in [2.24, 2.45) is 0 Å². The van der Waals surface area contributed by atoms with Crippen LogP contribution in [0.3, 0.4) is 0 Å². The van der Waals surface area contributed by atoms with E-state index >= 15 is 0 Å². The second-order valence-electron chi connectivity index (χ2n) is 11.2. The smallest absolute Gasteiger partial charge is 0.416 e. The van der Waals surface area contributed by atoms with Crippen LogP contribution < -0.4 is 4.58 Å². The number of alkyl halides is 6. The fraction of sp³-hybridized carbons (Fsp3) is 0.135. The molecule has 0 fully saturated rings. The van der Waals surface area contributed by atoms with Gasteiger partial charge in [0.1, 0.15) is 5.76 Å². The number of halogens is 6. The third kappa shape index (κ3) is 4.56. The van der Waals surface area contributed by atoms with Gasteiger partial charge in [0.15, 0.2) is 5.71 Å². The van der Waals surface area contributed by atoms with Gasteiger partial charge in [-0.1, -0.05) is 35.7 Å². The molecule has 1 aromatic heterocycles. The Morgan fingerprint density at radius 2 is 1.43 bits per heavy atom. The van der Waals surface area contributed by atoms with Gasteiger partial charge < -0.3 is 9.30 Å². The Balaban J connectivity index is 1.45. The summed E-state index contributed by atoms with van der Waals surface area (Å²) in [6.07, 6.45) is -5.88. The monoisotopic (exact) mass is 641 g/mol. The molecule has 0 saturated carbocycles. The number of hydrogen-bond acceptors (Lipinski definition) is 2. The summed E-state index contributed by atoms with van der Waals surface area (Å²) in [5.74, 6) is -0.0972. The molecule has 0 unspecified atom stereocenters. The number of hydrogen-bond donors (Lipinski definition) is 0. The minimum absolute atomic E-state index is 0.241. The van der Waals surface area contributed by atoms with Gasteiger partial charge in [0, 0.05) is 53.7 Å². The molecule has 0 spiro atoms. The van der Waals surface area contributed by atoms with E-state index in [1.807, 2.05) is 0 Å². The van der Waals surface area contributed by atoms with Crippen molar-refractivity contribution < 1.29 is 35.9 Å². The SMILES string of the molecule is COC1=C(c2c3c(n(-c4cccc(C(F)(F)F)c4)c2C)C=C=C=C3)C(=O)/C1=C1\C(C)=[N+](c2cccc(C(F)(F)F)c2)c2ccccc21. The number of ether oxygens (including phenoxy) is 1. The summed E-state index contributed by atoms with van der Waals surface area (Å²) in [4.78, 5) is 14.3. The number of aromatic nitrogens is 1. The van der Waals surface area contributed by atoms with Crippen LogP contribution in [0.4, 0.5) is 37.7 Å². The molecule has 0 saturated heterocycles. The highest BCUT2D eigenvalue weighted by Gasteiger charge is 2.47. The molecule has 2 heterocycles. The fourth-order valence-corrected chi connectivity index (χ4v) is 6.61. The van der Waals surface area contributed by atoms with Crippen molar-refractivity contribution in [2.75, 3.05) is 7.11 Å². The van der Waals surface area contributed by atoms with Crippen molar-refractivity contribution >= 4 is 46.2 Å². The van der Waals surface area contributed by atoms with Crippen LogP contribution in [-0.2, 0) is 21.9 Å². The van der Waals surface area contributed by atoms with Crippen LogP contribution in [0.25, 0.3) is 29.0 Å². The Morgan fingerprint density at radius 1 is 0.766 bits per heavy atom. The van der Waals surface area contributed by atoms with E-state index in [-0.39, 0.29) is 34.1 Å². The molecule has 4 nitrogen and oxygen atoms in total. The largest absolute Gasteiger partial charge is 0.495 e. The predicted octanol–water partition coefficient (Wildman–Crippen LogP) is 9.32. The van der Waals surface area contributed by atoms with Gasteiger partial charge in [-0.2, -0.15) is 30.9 Å². The highest BCUT2D eigenvalue weighted by molar-refractivity contribution is 6.47. The number of fused-ring (bicyclic) bond motifs is 2. The average molecular weight is 642 g/mol. The zero-order chi connectivity index (χ0) is 33.4. The van der Waals surface area contributed by atoms with Crippen LogP contribution in [-0.4, -0.2) is 23.2 Å². The second-order valence-corrected chi connectivity index (χ2v) is 11.2. The molecule has 1 aliphatic heterocycles. The molecular formula is C37H23F6N2O2+. The van der Waals surface area contributed by atoms with E-state index in [1.54, 1.807) is 71.5 Å². The number of methoxy groups -OCH3 is 1. The van der Waals surface area contributed by atoms with Crippen molar-refractivity contribution in [3.63, 3.8) is 0 Å². The molecule has 47 heavy (non-hydrogen) atoms. The summed E-state index contributed by atoms with van der Waals surface area (Å²) in [6, 6.07) is 17.0. The third-order valence-electron chi connectivity index (χ3n) is 8.58. The first kappa shape index (κ1) is 30.1. The molecule has 234 valence electrons. The normalized spacial score (nSPS) is 17.0. The summed E-state index contributed by atoms with van der Waals surface area (Å²) in [7, 11) is 1.42. The lowest BCUT2D eigenvalue weighted by Crippen LogP contribution is -2.26. The number of nitrogens with zero attached hydrogens (tertiary/aromatic N) is 2. The number of ketones is 1. The second kappa shape index (κ2) is 10.5. The van der Waals surface area contributed by atoms with Gasteiger partial charge in [-0.15, -0.1) is 0 Å². The Morgan fingerprint density at radius 3 is 2.13 bits per heavy atom. The molecule has 4 aromatic rings. The van der Waals surface area contributed by atoms with Crippen LogP contribution >= 0.6 is 0 Å². The van der Waals surface area contributed by atoms with Gasteiger partial charge in [0.05, 0.1) is 46.2 Å². The Bertz CT molecular complexity index is 2260. The Hall–Kier alpha value is -5.56. The fourth-order valence-electron chi connectivity index (χ4n) is 6.61. The maximum atomic E-state index is 14.3. The van der Waals surface area contributed by atoms with E-state index in [1.165, 1.54) is 19.2 Å². The van der Waals surface area contributed by atoms with Gasteiger partial charge in [-0.3, -0.25) is 4.79 Å². The number of carbonyl (C=O) groups is 1. The highest BCUT2D eigenvalue weighted by Crippen LogP contribution is 2.50. The summed E-state index contributed by atoms with van der Waals surface area (Å²) < 4.78 is 91.0. The minimum Gasteiger partial charge on any atom is -0.495 e. The van der Waals surface area contributed by atoms with Gasteiger partial charge in [0.2, 0.25) is 17.2 Å². The molecule has 3 aromatic carbocycles. The maximum absolute atomic E-state index is 14.3. The molecule has 0 radical (unpaired) electrons. The highest BCUT2D eigenvalue weighted by atomic mass is 19.4. The topological polar surface area (TPSA) is 34.2 Å². The van der Waals surface area contributed by atoms with E-state index in [9.17, 15) is 31.1 Å². The van der Waals surface area contributed by atoms with Crippen LogP contribution in [0.15, 0.2) is 95.6 Å². The molecule has 3 aliphatic rings. The van der Waals surface area contributed by atoms with Crippen molar-refractivity contribution in [1.29, 1.82) is 0 Å². The number of rotatable bonds is 4. The first-order chi connectivity index (χ1) is 22.3. The molecule has 7 rings (SSSR count). The zero-order valence-corrected chi connectivity index (χ0v) is 25.1. The van der Waals surface area contributed by atoms with Crippen molar-refractivity contribution in [3.05, 3.63) is 135 Å². The van der Waals surface area contributed by atoms with E-state index in [4.69, 9.17) is 4.74 Å². The standard InChI is InChI=1S/C37H23F6N2O2/c1-20-30(26-14-4-6-16-28(26)44(20)24-12-8-10-22(18-24)36(38,39)40)32-34(46)33(35(32)47-3)31-21(2)45(29-17-7-5-15-27(29)31)25-13-9-11-23(19-25)37(41,42)43/h4,6,8-19H,1-3H3/q+1. The number of carbonyl (C=O) groups excluding carboxylic acids is 1. The summed E-state index contributed by atoms with van der Waals surface area (Å²) in [6.45, 7) is 3.45. The average Bonchev–Trinajstić information content (AvgIpc) is 3.49. The van der Waals surface area contributed by atoms with Gasteiger partial charge in [0.25, 0.3) is 0 Å². The molecule has 0 atom stereocenters. The quantitative estimate of drug-likeness (QED) is 0.0849. The van der Waals surface area contributed by atoms with Crippen molar-refractivity contribution in [2.45, 2.75) is 26.2 Å². The zero-order valence-electron chi connectivity index (χ0n) is 25.1. The van der Waals surface area contributed by atoms with Crippen LogP contribution in [0.1, 0.15) is 46.1 Å². The molecule has 2 aliphatic carbocycles. The number of para-hydroxylation sites is 1. The molecule has 0 N–H and O–H groups in total. The van der Waals surface area contributed by atoms with E-state index < -0.39 is 23.5 Å². The Kier molecular flexibility index (Phi) is 6.72. The lowest BCUT2D eigenvalue weighted by atomic mass is 9.77. The van der Waals surface area contributed by atoms with Crippen LogP contribution in [0.2, 0.25) is 0 Å². The van der Waals surface area contributed by atoms with Gasteiger partial charge in [-0.25, -0.2) is 0 Å². The van der Waals surface area contributed by atoms with Crippen LogP contribution in [0, 0.1) is 6.92 Å². The van der Waals surface area contributed by atoms with Crippen molar-refractivity contribution in [1.82, 2.24) is 9.14 Å². The van der Waals surface area contributed by atoms with Gasteiger partial charge >= 0.3 is 12.4 Å².